The number of hydrogen-bond acceptors (Lipinski definition) is 4. The molecule has 8 heteroatoms. The predicted octanol–water partition coefficient (Wildman–Crippen LogP) is 1.65. The van der Waals surface area contributed by atoms with E-state index < -0.39 is 17.8 Å². The number of nitrogens with zero attached hydrogens (tertiary/aromatic N) is 3. The third kappa shape index (κ3) is 3.44. The van der Waals surface area contributed by atoms with Gasteiger partial charge in [-0.3, -0.25) is 14.5 Å². The van der Waals surface area contributed by atoms with E-state index in [1.54, 1.807) is 12.1 Å². The molecule has 28 heavy (non-hydrogen) atoms. The monoisotopic (exact) mass is 377 g/mol. The molecular weight excluding hydrogens is 358 g/mol. The Kier molecular flexibility index (Phi) is 4.52. The molecule has 2 heterocycles. The van der Waals surface area contributed by atoms with Crippen molar-refractivity contribution in [3.8, 4) is 0 Å². The molecule has 1 aliphatic rings. The van der Waals surface area contributed by atoms with Gasteiger partial charge in [0.15, 0.2) is 0 Å². The van der Waals surface area contributed by atoms with Crippen LogP contribution in [0.2, 0.25) is 0 Å². The van der Waals surface area contributed by atoms with E-state index in [2.05, 4.69) is 27.8 Å². The SMILES string of the molecule is Cn1c(Cc2ccccc2)nc2cc(NC(=O)CN3C(=O)CNC3=O)ccc21. The number of aryl methyl sites for hydroxylation is 1. The summed E-state index contributed by atoms with van der Waals surface area (Å²) in [5, 5.41) is 5.10. The Morgan fingerprint density at radius 1 is 1.18 bits per heavy atom. The van der Waals surface area contributed by atoms with Gasteiger partial charge in [0.1, 0.15) is 12.4 Å². The van der Waals surface area contributed by atoms with Crippen molar-refractivity contribution in [1.29, 1.82) is 0 Å². The minimum atomic E-state index is -0.550. The number of benzene rings is 2. The number of fused-ring (bicyclic) bond motifs is 1. The van der Waals surface area contributed by atoms with Crippen molar-refractivity contribution in [2.45, 2.75) is 6.42 Å². The van der Waals surface area contributed by atoms with E-state index >= 15 is 0 Å². The van der Waals surface area contributed by atoms with Crippen LogP contribution < -0.4 is 10.6 Å². The first-order valence-electron chi connectivity index (χ1n) is 8.88. The third-order valence-corrected chi connectivity index (χ3v) is 4.70. The van der Waals surface area contributed by atoms with Gasteiger partial charge in [-0.05, 0) is 23.8 Å². The van der Waals surface area contributed by atoms with E-state index in [0.29, 0.717) is 12.1 Å². The molecule has 4 rings (SSSR count). The van der Waals surface area contributed by atoms with Crippen molar-refractivity contribution in [2.75, 3.05) is 18.4 Å². The molecule has 2 aromatic carbocycles. The highest BCUT2D eigenvalue weighted by Crippen LogP contribution is 2.21. The average molecular weight is 377 g/mol. The number of hydrogen-bond donors (Lipinski definition) is 2. The number of nitrogens with one attached hydrogen (secondary N) is 2. The minimum absolute atomic E-state index is 0.0732. The largest absolute Gasteiger partial charge is 0.331 e. The Morgan fingerprint density at radius 2 is 1.96 bits per heavy atom. The summed E-state index contributed by atoms with van der Waals surface area (Å²) < 4.78 is 2.03. The second-order valence-corrected chi connectivity index (χ2v) is 6.64. The molecule has 1 saturated heterocycles. The Hall–Kier alpha value is -3.68. The highest BCUT2D eigenvalue weighted by atomic mass is 16.2. The van der Waals surface area contributed by atoms with Gasteiger partial charge in [0.05, 0.1) is 17.6 Å². The second kappa shape index (κ2) is 7.15. The van der Waals surface area contributed by atoms with Crippen molar-refractivity contribution in [1.82, 2.24) is 19.8 Å². The summed E-state index contributed by atoms with van der Waals surface area (Å²) in [6.07, 6.45) is 0.708. The van der Waals surface area contributed by atoms with Gasteiger partial charge in [-0.25, -0.2) is 9.78 Å². The number of amides is 4. The number of anilines is 1. The first-order chi connectivity index (χ1) is 13.5. The number of imide groups is 1. The molecule has 0 radical (unpaired) electrons. The van der Waals surface area contributed by atoms with Crippen LogP contribution >= 0.6 is 0 Å². The molecule has 1 fully saturated rings. The highest BCUT2D eigenvalue weighted by molar-refractivity contribution is 6.06. The summed E-state index contributed by atoms with van der Waals surface area (Å²) in [7, 11) is 1.96. The summed E-state index contributed by atoms with van der Waals surface area (Å²) >= 11 is 0. The van der Waals surface area contributed by atoms with E-state index in [1.807, 2.05) is 35.9 Å². The summed E-state index contributed by atoms with van der Waals surface area (Å²) in [6.45, 7) is -0.389. The first kappa shape index (κ1) is 17.7. The Labute approximate surface area is 161 Å². The lowest BCUT2D eigenvalue weighted by Gasteiger charge is -2.12. The van der Waals surface area contributed by atoms with Crippen LogP contribution in [0.4, 0.5) is 10.5 Å². The Bertz CT molecular complexity index is 1060. The molecule has 2 N–H and O–H groups in total. The lowest BCUT2D eigenvalue weighted by Crippen LogP contribution is -2.38. The van der Waals surface area contributed by atoms with Crippen molar-refractivity contribution >= 4 is 34.6 Å². The number of carbonyl (C=O) groups excluding carboxylic acids is 3. The van der Waals surface area contributed by atoms with E-state index in [0.717, 1.165) is 21.8 Å². The van der Waals surface area contributed by atoms with E-state index in [1.165, 1.54) is 5.56 Å². The lowest BCUT2D eigenvalue weighted by molar-refractivity contribution is -0.128. The van der Waals surface area contributed by atoms with Crippen LogP contribution in [-0.2, 0) is 23.1 Å². The van der Waals surface area contributed by atoms with Crippen LogP contribution in [0.15, 0.2) is 48.5 Å². The molecule has 0 bridgehead atoms. The summed E-state index contributed by atoms with van der Waals surface area (Å²) in [5.41, 5.74) is 3.45. The number of aromatic nitrogens is 2. The van der Waals surface area contributed by atoms with Crippen molar-refractivity contribution in [3.05, 3.63) is 59.9 Å². The van der Waals surface area contributed by atoms with Gasteiger partial charge in [-0.15, -0.1) is 0 Å². The fourth-order valence-corrected chi connectivity index (χ4v) is 3.22. The summed E-state index contributed by atoms with van der Waals surface area (Å²) in [6, 6.07) is 15.0. The molecule has 0 spiro atoms. The van der Waals surface area contributed by atoms with Gasteiger partial charge in [0, 0.05) is 19.2 Å². The lowest BCUT2D eigenvalue weighted by atomic mass is 10.1. The van der Waals surface area contributed by atoms with Gasteiger partial charge in [0.25, 0.3) is 5.91 Å². The van der Waals surface area contributed by atoms with Crippen LogP contribution in [0, 0.1) is 0 Å². The first-order valence-corrected chi connectivity index (χ1v) is 8.88. The molecule has 3 aromatic rings. The Balaban J connectivity index is 1.50. The van der Waals surface area contributed by atoms with Crippen LogP contribution in [0.25, 0.3) is 11.0 Å². The third-order valence-electron chi connectivity index (χ3n) is 4.70. The zero-order valence-corrected chi connectivity index (χ0v) is 15.3. The molecular formula is C20H19N5O3. The summed E-state index contributed by atoms with van der Waals surface area (Å²) in [4.78, 5) is 40.9. The zero-order valence-electron chi connectivity index (χ0n) is 15.3. The van der Waals surface area contributed by atoms with Gasteiger partial charge in [-0.1, -0.05) is 30.3 Å². The molecule has 0 unspecified atom stereocenters. The van der Waals surface area contributed by atoms with Crippen LogP contribution in [0.1, 0.15) is 11.4 Å². The maximum atomic E-state index is 12.2. The van der Waals surface area contributed by atoms with E-state index in [-0.39, 0.29) is 13.1 Å². The van der Waals surface area contributed by atoms with E-state index in [4.69, 9.17) is 0 Å². The maximum Gasteiger partial charge on any atom is 0.325 e. The smallest absolute Gasteiger partial charge is 0.325 e. The van der Waals surface area contributed by atoms with Gasteiger partial charge in [-0.2, -0.15) is 0 Å². The normalized spacial score (nSPS) is 13.8. The molecule has 1 aromatic heterocycles. The standard InChI is InChI=1S/C20H19N5O3/c1-24-16-8-7-14(22-18(26)12-25-19(27)11-21-20(25)28)10-15(16)23-17(24)9-13-5-3-2-4-6-13/h2-8,10H,9,11-12H2,1H3,(H,21,28)(H,22,26). The topological polar surface area (TPSA) is 96.3 Å². The van der Waals surface area contributed by atoms with Crippen LogP contribution in [0.3, 0.4) is 0 Å². The molecule has 0 atom stereocenters. The Morgan fingerprint density at radius 3 is 2.68 bits per heavy atom. The fraction of sp³-hybridized carbons (Fsp3) is 0.200. The molecule has 8 nitrogen and oxygen atoms in total. The molecule has 0 saturated carbocycles. The molecule has 1 aliphatic heterocycles. The minimum Gasteiger partial charge on any atom is -0.331 e. The predicted molar refractivity (Wildman–Crippen MR) is 104 cm³/mol. The van der Waals surface area contributed by atoms with Gasteiger partial charge in [0.2, 0.25) is 5.91 Å². The number of imidazole rings is 1. The zero-order chi connectivity index (χ0) is 19.7. The summed E-state index contributed by atoms with van der Waals surface area (Å²) in [5.74, 6) is 0.0695. The average Bonchev–Trinajstić information content (AvgIpc) is 3.16. The highest BCUT2D eigenvalue weighted by Gasteiger charge is 2.30. The van der Waals surface area contributed by atoms with Gasteiger partial charge < -0.3 is 15.2 Å². The van der Waals surface area contributed by atoms with Crippen molar-refractivity contribution in [3.63, 3.8) is 0 Å². The van der Waals surface area contributed by atoms with Crippen molar-refractivity contribution in [2.24, 2.45) is 7.05 Å². The van der Waals surface area contributed by atoms with Crippen molar-refractivity contribution < 1.29 is 14.4 Å². The quantitative estimate of drug-likeness (QED) is 0.661. The fourth-order valence-electron chi connectivity index (χ4n) is 3.22. The number of carbonyl (C=O) groups is 3. The van der Waals surface area contributed by atoms with Crippen LogP contribution in [0.5, 0.6) is 0 Å². The second-order valence-electron chi connectivity index (χ2n) is 6.64. The maximum absolute atomic E-state index is 12.2. The van der Waals surface area contributed by atoms with Crippen LogP contribution in [-0.4, -0.2) is 45.4 Å². The van der Waals surface area contributed by atoms with Gasteiger partial charge >= 0.3 is 6.03 Å². The molecule has 142 valence electrons. The van der Waals surface area contributed by atoms with E-state index in [9.17, 15) is 14.4 Å². The molecule has 4 amide bonds. The molecule has 0 aliphatic carbocycles. The number of urea groups is 1. The number of rotatable bonds is 5.